The van der Waals surface area contributed by atoms with E-state index in [1.54, 1.807) is 6.20 Å². The maximum atomic E-state index is 10.3. The number of nitrogens with zero attached hydrogens (tertiary/aromatic N) is 2. The summed E-state index contributed by atoms with van der Waals surface area (Å²) < 4.78 is 0. The third kappa shape index (κ3) is 4.83. The highest BCUT2D eigenvalue weighted by Crippen LogP contribution is 1.95. The van der Waals surface area contributed by atoms with Crippen LogP contribution in [-0.4, -0.2) is 32.3 Å². The van der Waals surface area contributed by atoms with E-state index in [2.05, 4.69) is 9.97 Å². The molecule has 0 amide bonds. The fourth-order valence-electron chi connectivity index (χ4n) is 0.715. The van der Waals surface area contributed by atoms with Crippen molar-refractivity contribution >= 4 is 5.97 Å². The number of carboxylic acid groups (broad SMARTS) is 1. The van der Waals surface area contributed by atoms with Gasteiger partial charge in [0.05, 0.1) is 12.0 Å². The molecule has 8 nitrogen and oxygen atoms in total. The number of carboxylic acids is 1. The average molecular weight is 202 g/mol. The molecule has 1 heterocycles. The van der Waals surface area contributed by atoms with Crippen molar-refractivity contribution < 1.29 is 15.1 Å². The number of hydrogen-bond acceptors (Lipinski definition) is 5. The van der Waals surface area contributed by atoms with Gasteiger partial charge in [-0.3, -0.25) is 4.79 Å². The monoisotopic (exact) mass is 202 g/mol. The van der Waals surface area contributed by atoms with Crippen LogP contribution in [0.2, 0.25) is 0 Å². The second kappa shape index (κ2) is 6.54. The van der Waals surface area contributed by atoms with E-state index in [-0.39, 0.29) is 6.42 Å². The van der Waals surface area contributed by atoms with Gasteiger partial charge in [-0.2, -0.15) is 0 Å². The highest BCUT2D eigenvalue weighted by atomic mass is 16.6. The van der Waals surface area contributed by atoms with E-state index in [1.807, 2.05) is 0 Å². The lowest BCUT2D eigenvalue weighted by molar-refractivity contribution is -0.138. The van der Waals surface area contributed by atoms with Gasteiger partial charge < -0.3 is 21.0 Å². The van der Waals surface area contributed by atoms with Crippen LogP contribution < -0.4 is 5.73 Å². The summed E-state index contributed by atoms with van der Waals surface area (Å²) in [4.78, 5) is 24.9. The van der Waals surface area contributed by atoms with Crippen molar-refractivity contribution in [2.45, 2.75) is 12.5 Å². The fourth-order valence-corrected chi connectivity index (χ4v) is 0.715. The van der Waals surface area contributed by atoms with Crippen LogP contribution in [0.3, 0.4) is 0 Å². The number of imidazole rings is 1. The molecule has 0 aliphatic rings. The summed E-state index contributed by atoms with van der Waals surface area (Å²) in [7, 11) is 0. The average Bonchev–Trinajstić information content (AvgIpc) is 2.58. The largest absolute Gasteiger partial charge is 0.480 e. The van der Waals surface area contributed by atoms with Gasteiger partial charge in [0.2, 0.25) is 0 Å². The zero-order valence-corrected chi connectivity index (χ0v) is 7.12. The van der Waals surface area contributed by atoms with Gasteiger partial charge in [-0.25, -0.2) is 4.98 Å². The molecule has 1 atom stereocenters. The molecule has 0 saturated carbocycles. The first-order chi connectivity index (χ1) is 6.61. The summed E-state index contributed by atoms with van der Waals surface area (Å²) in [6, 6.07) is -0.863. The Balaban J connectivity index is 0.000000500. The standard InChI is InChI=1S/C6H9N3O2.HNO2/c7-5(6(10)11)1-4-2-8-3-9-4;2-1-3/h2-3,5H,1,7H2,(H,8,9)(H,10,11);(H,2,3). The molecule has 8 heteroatoms. The second-order valence-corrected chi connectivity index (χ2v) is 2.29. The normalized spacial score (nSPS) is 10.9. The van der Waals surface area contributed by atoms with E-state index >= 15 is 0 Å². The van der Waals surface area contributed by atoms with Gasteiger partial charge in [0, 0.05) is 12.6 Å². The summed E-state index contributed by atoms with van der Waals surface area (Å²) in [5, 5.41) is 16.3. The number of hydrogen-bond donors (Lipinski definition) is 4. The maximum absolute atomic E-state index is 10.3. The number of carbonyl (C=O) groups is 1. The molecule has 14 heavy (non-hydrogen) atoms. The van der Waals surface area contributed by atoms with Gasteiger partial charge in [-0.15, -0.1) is 4.91 Å². The molecule has 1 aromatic heterocycles. The summed E-state index contributed by atoms with van der Waals surface area (Å²) in [5.41, 5.74) is 5.92. The van der Waals surface area contributed by atoms with Gasteiger partial charge in [-0.1, -0.05) is 0 Å². The number of aromatic amines is 1. The number of H-pyrrole nitrogens is 1. The quantitative estimate of drug-likeness (QED) is 0.384. The maximum Gasteiger partial charge on any atom is 0.320 e. The van der Waals surface area contributed by atoms with E-state index < -0.39 is 12.0 Å². The van der Waals surface area contributed by atoms with Crippen LogP contribution in [0.25, 0.3) is 0 Å². The van der Waals surface area contributed by atoms with Crippen molar-refractivity contribution in [3.8, 4) is 0 Å². The zero-order chi connectivity index (χ0) is 11.0. The van der Waals surface area contributed by atoms with Crippen LogP contribution in [-0.2, 0) is 11.2 Å². The predicted molar refractivity (Wildman–Crippen MR) is 45.5 cm³/mol. The van der Waals surface area contributed by atoms with Crippen molar-refractivity contribution in [3.05, 3.63) is 23.1 Å². The highest BCUT2D eigenvalue weighted by molar-refractivity contribution is 5.73. The van der Waals surface area contributed by atoms with Crippen LogP contribution >= 0.6 is 0 Å². The van der Waals surface area contributed by atoms with Crippen molar-refractivity contribution in [2.24, 2.45) is 11.1 Å². The molecule has 1 unspecified atom stereocenters. The molecule has 0 aliphatic carbocycles. The van der Waals surface area contributed by atoms with Crippen LogP contribution in [0, 0.1) is 4.91 Å². The number of nitrogens with one attached hydrogen (secondary N) is 1. The Morgan fingerprint density at radius 2 is 2.36 bits per heavy atom. The summed E-state index contributed by atoms with van der Waals surface area (Å²) in [6.45, 7) is 0. The molecule has 0 aliphatic heterocycles. The number of rotatable bonds is 3. The highest BCUT2D eigenvalue weighted by Gasteiger charge is 2.12. The van der Waals surface area contributed by atoms with Crippen LogP contribution in [0.5, 0.6) is 0 Å². The Kier molecular flexibility index (Phi) is 5.63. The molecule has 0 saturated heterocycles. The third-order valence-corrected chi connectivity index (χ3v) is 1.30. The smallest absolute Gasteiger partial charge is 0.320 e. The van der Waals surface area contributed by atoms with E-state index in [1.165, 1.54) is 11.7 Å². The van der Waals surface area contributed by atoms with E-state index in [0.29, 0.717) is 5.69 Å². The first kappa shape index (κ1) is 12.0. The van der Waals surface area contributed by atoms with Crippen molar-refractivity contribution in [2.75, 3.05) is 0 Å². The lowest BCUT2D eigenvalue weighted by atomic mass is 10.2. The van der Waals surface area contributed by atoms with Gasteiger partial charge >= 0.3 is 5.97 Å². The van der Waals surface area contributed by atoms with Crippen LogP contribution in [0.15, 0.2) is 17.9 Å². The molecule has 0 aromatic carbocycles. The Hall–Kier alpha value is -1.96. The SMILES string of the molecule is NC(Cc1c[nH]cn1)C(=O)O.O=NO. The van der Waals surface area contributed by atoms with Gasteiger partial charge in [0.25, 0.3) is 0 Å². The minimum Gasteiger partial charge on any atom is -0.480 e. The van der Waals surface area contributed by atoms with E-state index in [9.17, 15) is 4.79 Å². The Bertz CT molecular complexity index is 273. The number of aromatic nitrogens is 2. The van der Waals surface area contributed by atoms with Gasteiger partial charge in [0.15, 0.2) is 5.34 Å². The van der Waals surface area contributed by atoms with Crippen LogP contribution in [0.4, 0.5) is 0 Å². The lowest BCUT2D eigenvalue weighted by Crippen LogP contribution is -2.32. The topological polar surface area (TPSA) is 142 Å². The van der Waals surface area contributed by atoms with Crippen molar-refractivity contribution in [1.82, 2.24) is 9.97 Å². The second-order valence-electron chi connectivity index (χ2n) is 2.29. The fraction of sp³-hybridized carbons (Fsp3) is 0.333. The van der Waals surface area contributed by atoms with Crippen molar-refractivity contribution in [3.63, 3.8) is 0 Å². The summed E-state index contributed by atoms with van der Waals surface area (Å²) in [6.07, 6.45) is 3.38. The Morgan fingerprint density at radius 1 is 1.79 bits per heavy atom. The Labute approximate surface area is 78.7 Å². The van der Waals surface area contributed by atoms with E-state index in [0.717, 1.165) is 0 Å². The van der Waals surface area contributed by atoms with Gasteiger partial charge in [-0.05, 0) is 0 Å². The zero-order valence-electron chi connectivity index (χ0n) is 7.12. The molecule has 0 spiro atoms. The summed E-state index contributed by atoms with van der Waals surface area (Å²) in [5.74, 6) is -1.01. The molecule has 1 aromatic rings. The molecule has 1 rings (SSSR count). The minimum atomic E-state index is -1.01. The van der Waals surface area contributed by atoms with Crippen molar-refractivity contribution in [1.29, 1.82) is 0 Å². The Morgan fingerprint density at radius 3 is 2.71 bits per heavy atom. The molecule has 0 bridgehead atoms. The third-order valence-electron chi connectivity index (χ3n) is 1.30. The van der Waals surface area contributed by atoms with Crippen LogP contribution in [0.1, 0.15) is 5.69 Å². The predicted octanol–water partition coefficient (Wildman–Crippen LogP) is -0.494. The summed E-state index contributed by atoms with van der Waals surface area (Å²) >= 11 is 0. The minimum absolute atomic E-state index is 0.263. The molecule has 78 valence electrons. The van der Waals surface area contributed by atoms with E-state index in [4.69, 9.17) is 21.0 Å². The van der Waals surface area contributed by atoms with Gasteiger partial charge in [0.1, 0.15) is 6.04 Å². The molecule has 0 fully saturated rings. The molecule has 5 N–H and O–H groups in total. The molecular weight excluding hydrogens is 192 g/mol. The first-order valence-electron chi connectivity index (χ1n) is 3.54. The first-order valence-corrected chi connectivity index (χ1v) is 3.54. The lowest BCUT2D eigenvalue weighted by Gasteiger charge is -2.01. The molecule has 0 radical (unpaired) electrons. The number of aliphatic carboxylic acids is 1. The molecular formula is C6H10N4O4. The number of nitrogens with two attached hydrogens (primary N) is 1.